The van der Waals surface area contributed by atoms with Gasteiger partial charge in [0.15, 0.2) is 5.82 Å². The Morgan fingerprint density at radius 2 is 2.44 bits per heavy atom. The van der Waals surface area contributed by atoms with Crippen LogP contribution in [0.4, 0.5) is 10.8 Å². The summed E-state index contributed by atoms with van der Waals surface area (Å²) in [5, 5.41) is 6.32. The van der Waals surface area contributed by atoms with E-state index in [1.165, 1.54) is 11.5 Å². The zero-order chi connectivity index (χ0) is 13.0. The lowest BCUT2D eigenvalue weighted by molar-refractivity contribution is -0.0818. The fourth-order valence-corrected chi connectivity index (χ4v) is 2.35. The second-order valence-electron chi connectivity index (χ2n) is 3.80. The molecule has 1 aliphatic rings. The number of hydrogen-bond acceptors (Lipinski definition) is 7. The van der Waals surface area contributed by atoms with Crippen LogP contribution in [0.3, 0.4) is 0 Å². The highest BCUT2D eigenvalue weighted by Crippen LogP contribution is 2.26. The number of rotatable bonds is 4. The Kier molecular flexibility index (Phi) is 4.34. The molecule has 7 nitrogen and oxygen atoms in total. The predicted molar refractivity (Wildman–Crippen MR) is 69.0 cm³/mol. The van der Waals surface area contributed by atoms with Gasteiger partial charge in [0.05, 0.1) is 25.9 Å². The zero-order valence-electron chi connectivity index (χ0n) is 10.1. The van der Waals surface area contributed by atoms with Crippen LogP contribution in [0, 0.1) is 0 Å². The highest BCUT2D eigenvalue weighted by Gasteiger charge is 2.20. The minimum absolute atomic E-state index is 0.0142. The quantitative estimate of drug-likeness (QED) is 0.708. The molecule has 1 fully saturated rings. The van der Waals surface area contributed by atoms with Gasteiger partial charge < -0.3 is 25.8 Å². The molecular weight excluding hydrogens is 256 g/mol. The van der Waals surface area contributed by atoms with Crippen molar-refractivity contribution in [3.8, 4) is 0 Å². The van der Waals surface area contributed by atoms with Crippen LogP contribution in [0.5, 0.6) is 0 Å². The van der Waals surface area contributed by atoms with Crippen LogP contribution in [-0.4, -0.2) is 49.8 Å². The fourth-order valence-electron chi connectivity index (χ4n) is 1.63. The van der Waals surface area contributed by atoms with Crippen LogP contribution >= 0.6 is 11.5 Å². The summed E-state index contributed by atoms with van der Waals surface area (Å²) in [4.78, 5) is 11.6. The van der Waals surface area contributed by atoms with E-state index in [9.17, 15) is 4.79 Å². The molecular formula is C10H16N4O3S. The van der Waals surface area contributed by atoms with Crippen molar-refractivity contribution in [1.29, 1.82) is 0 Å². The van der Waals surface area contributed by atoms with Crippen LogP contribution in [-0.2, 0) is 9.47 Å². The van der Waals surface area contributed by atoms with Gasteiger partial charge in [-0.3, -0.25) is 4.79 Å². The molecule has 1 aliphatic heterocycles. The molecule has 8 heteroatoms. The number of amides is 1. The molecule has 0 aliphatic carbocycles. The van der Waals surface area contributed by atoms with Gasteiger partial charge in [-0.2, -0.15) is 4.37 Å². The van der Waals surface area contributed by atoms with Crippen molar-refractivity contribution >= 4 is 28.3 Å². The van der Waals surface area contributed by atoms with Crippen molar-refractivity contribution in [2.75, 3.05) is 44.5 Å². The summed E-state index contributed by atoms with van der Waals surface area (Å²) >= 11 is 1.17. The minimum Gasteiger partial charge on any atom is -0.382 e. The van der Waals surface area contributed by atoms with E-state index in [1.54, 1.807) is 7.05 Å². The van der Waals surface area contributed by atoms with Crippen molar-refractivity contribution in [3.63, 3.8) is 0 Å². The third-order valence-corrected chi connectivity index (χ3v) is 3.37. The second-order valence-corrected chi connectivity index (χ2v) is 4.57. The Morgan fingerprint density at radius 1 is 1.61 bits per heavy atom. The van der Waals surface area contributed by atoms with Crippen LogP contribution in [0.25, 0.3) is 0 Å². The molecule has 2 heterocycles. The molecule has 0 saturated carbocycles. The number of carbonyl (C=O) groups is 1. The third kappa shape index (κ3) is 2.89. The maximum absolute atomic E-state index is 11.6. The summed E-state index contributed by atoms with van der Waals surface area (Å²) < 4.78 is 14.8. The van der Waals surface area contributed by atoms with Crippen LogP contribution < -0.4 is 16.4 Å². The van der Waals surface area contributed by atoms with Gasteiger partial charge in [0.2, 0.25) is 0 Å². The first-order valence-electron chi connectivity index (χ1n) is 5.62. The minimum atomic E-state index is -0.246. The molecule has 2 rings (SSSR count). The summed E-state index contributed by atoms with van der Waals surface area (Å²) in [7, 11) is 1.56. The molecule has 1 aromatic heterocycles. The Hall–Kier alpha value is -1.38. The summed E-state index contributed by atoms with van der Waals surface area (Å²) in [5.41, 5.74) is 6.06. The first kappa shape index (κ1) is 13.1. The number of carbonyl (C=O) groups excluding carboxylic acids is 1. The zero-order valence-corrected chi connectivity index (χ0v) is 10.9. The van der Waals surface area contributed by atoms with Crippen LogP contribution in [0.1, 0.15) is 10.4 Å². The monoisotopic (exact) mass is 272 g/mol. The lowest BCUT2D eigenvalue weighted by Crippen LogP contribution is -2.34. The van der Waals surface area contributed by atoms with Gasteiger partial charge >= 0.3 is 0 Å². The lowest BCUT2D eigenvalue weighted by atomic mass is 10.3. The van der Waals surface area contributed by atoms with Crippen molar-refractivity contribution < 1.29 is 14.3 Å². The highest BCUT2D eigenvalue weighted by atomic mass is 32.1. The fraction of sp³-hybridized carbons (Fsp3) is 0.600. The van der Waals surface area contributed by atoms with Gasteiger partial charge in [-0.25, -0.2) is 0 Å². The number of anilines is 2. The molecule has 0 spiro atoms. The van der Waals surface area contributed by atoms with E-state index in [0.29, 0.717) is 36.9 Å². The van der Waals surface area contributed by atoms with Gasteiger partial charge in [0, 0.05) is 13.6 Å². The molecule has 1 aromatic rings. The summed E-state index contributed by atoms with van der Waals surface area (Å²) in [6, 6.07) is 0. The number of nitrogens with two attached hydrogens (primary N) is 1. The topological polar surface area (TPSA) is 98.5 Å². The number of nitrogen functional groups attached to an aromatic ring is 1. The van der Waals surface area contributed by atoms with Crippen molar-refractivity contribution in [2.24, 2.45) is 0 Å². The number of aromatic nitrogens is 1. The molecule has 0 radical (unpaired) electrons. The lowest BCUT2D eigenvalue weighted by Gasteiger charge is -2.23. The normalized spacial score (nSPS) is 19.5. The first-order valence-corrected chi connectivity index (χ1v) is 6.40. The van der Waals surface area contributed by atoms with E-state index in [1.807, 2.05) is 0 Å². The van der Waals surface area contributed by atoms with Gasteiger partial charge in [-0.1, -0.05) is 0 Å². The molecule has 1 unspecified atom stereocenters. The molecule has 1 amide bonds. The predicted octanol–water partition coefficient (Wildman–Crippen LogP) is -0.0878. The van der Waals surface area contributed by atoms with Gasteiger partial charge in [-0.05, 0) is 11.5 Å². The molecule has 18 heavy (non-hydrogen) atoms. The van der Waals surface area contributed by atoms with Crippen molar-refractivity contribution in [3.05, 3.63) is 5.56 Å². The van der Waals surface area contributed by atoms with E-state index in [2.05, 4.69) is 15.0 Å². The Labute approximate surface area is 109 Å². The van der Waals surface area contributed by atoms with E-state index in [0.717, 1.165) is 0 Å². The van der Waals surface area contributed by atoms with Crippen molar-refractivity contribution in [1.82, 2.24) is 9.69 Å². The van der Waals surface area contributed by atoms with E-state index >= 15 is 0 Å². The van der Waals surface area contributed by atoms with E-state index in [4.69, 9.17) is 15.2 Å². The average molecular weight is 272 g/mol. The third-order valence-electron chi connectivity index (χ3n) is 2.55. The maximum atomic E-state index is 11.6. The number of nitrogens with zero attached hydrogens (tertiary/aromatic N) is 1. The molecule has 1 atom stereocenters. The SMILES string of the molecule is CNC(=O)c1c(N)nsc1NCC1COCCO1. The van der Waals surface area contributed by atoms with Crippen molar-refractivity contribution in [2.45, 2.75) is 6.10 Å². The van der Waals surface area contributed by atoms with Gasteiger partial charge in [0.25, 0.3) is 5.91 Å². The van der Waals surface area contributed by atoms with E-state index < -0.39 is 0 Å². The summed E-state index contributed by atoms with van der Waals surface area (Å²) in [6.07, 6.45) is -0.0142. The first-order chi connectivity index (χ1) is 8.72. The standard InChI is InChI=1S/C10H16N4O3S/c1-12-9(15)7-8(11)14-18-10(7)13-4-6-5-16-2-3-17-6/h6,13H,2-5H2,1H3,(H2,11,14)(H,12,15). The molecule has 4 N–H and O–H groups in total. The largest absolute Gasteiger partial charge is 0.382 e. The molecule has 0 bridgehead atoms. The highest BCUT2D eigenvalue weighted by molar-refractivity contribution is 7.11. The second kappa shape index (κ2) is 5.98. The van der Waals surface area contributed by atoms with Crippen LogP contribution in [0.2, 0.25) is 0 Å². The number of nitrogens with one attached hydrogen (secondary N) is 2. The molecule has 1 saturated heterocycles. The smallest absolute Gasteiger partial charge is 0.257 e. The van der Waals surface area contributed by atoms with Gasteiger partial charge in [-0.15, -0.1) is 0 Å². The number of ether oxygens (including phenoxy) is 2. The Bertz CT molecular complexity index is 417. The molecule has 0 aromatic carbocycles. The van der Waals surface area contributed by atoms with Crippen LogP contribution in [0.15, 0.2) is 0 Å². The van der Waals surface area contributed by atoms with E-state index in [-0.39, 0.29) is 17.8 Å². The number of hydrogen-bond donors (Lipinski definition) is 3. The average Bonchev–Trinajstić information content (AvgIpc) is 2.78. The molecule has 100 valence electrons. The summed E-state index contributed by atoms with van der Waals surface area (Å²) in [5.74, 6) is -0.00720. The maximum Gasteiger partial charge on any atom is 0.257 e. The van der Waals surface area contributed by atoms with Gasteiger partial charge in [0.1, 0.15) is 10.6 Å². The Balaban J connectivity index is 1.98. The Morgan fingerprint density at radius 3 is 3.11 bits per heavy atom. The summed E-state index contributed by atoms with van der Waals surface area (Å²) in [6.45, 7) is 2.34.